The molecule has 0 bridgehead atoms. The highest BCUT2D eigenvalue weighted by atomic mass is 16.1. The molecule has 14 heavy (non-hydrogen) atoms. The number of carbonyl (C=O) groups is 1. The molecule has 0 saturated carbocycles. The first-order valence-electron chi connectivity index (χ1n) is 4.98. The summed E-state index contributed by atoms with van der Waals surface area (Å²) in [5.74, 6) is 0.503. The van der Waals surface area contributed by atoms with Gasteiger partial charge in [0.15, 0.2) is 0 Å². The number of rotatable bonds is 0. The summed E-state index contributed by atoms with van der Waals surface area (Å²) in [4.78, 5) is 15.4. The Morgan fingerprint density at radius 2 is 2.21 bits per heavy atom. The van der Waals surface area contributed by atoms with Gasteiger partial charge in [-0.15, -0.1) is 0 Å². The molecule has 0 saturated heterocycles. The van der Waals surface area contributed by atoms with Crippen molar-refractivity contribution in [3.8, 4) is 0 Å². The van der Waals surface area contributed by atoms with Gasteiger partial charge in [-0.3, -0.25) is 9.89 Å². The molecule has 2 heterocycles. The van der Waals surface area contributed by atoms with E-state index >= 15 is 0 Å². The minimum Gasteiger partial charge on any atom is -0.282 e. The maximum absolute atomic E-state index is 11.2. The summed E-state index contributed by atoms with van der Waals surface area (Å²) < 4.78 is 0. The van der Waals surface area contributed by atoms with Gasteiger partial charge in [0, 0.05) is 23.6 Å². The van der Waals surface area contributed by atoms with Crippen molar-refractivity contribution in [3.05, 3.63) is 17.5 Å². The molecule has 3 rings (SSSR count). The summed E-state index contributed by atoms with van der Waals surface area (Å²) in [6.45, 7) is 0. The quantitative estimate of drug-likeness (QED) is 0.664. The molecule has 2 aliphatic rings. The molecule has 0 aromatic carbocycles. The molecular formula is C10H11N3O. The van der Waals surface area contributed by atoms with Gasteiger partial charge >= 0.3 is 0 Å². The lowest BCUT2D eigenvalue weighted by molar-refractivity contribution is -0.118. The third kappa shape index (κ3) is 1.03. The largest absolute Gasteiger partial charge is 0.282 e. The summed E-state index contributed by atoms with van der Waals surface area (Å²) in [7, 11) is 0. The minimum absolute atomic E-state index is 0.0188. The van der Waals surface area contributed by atoms with Crippen LogP contribution in [-0.2, 0) is 11.2 Å². The first-order valence-corrected chi connectivity index (χ1v) is 4.98. The Hall–Kier alpha value is -1.45. The summed E-state index contributed by atoms with van der Waals surface area (Å²) >= 11 is 0. The molecule has 0 radical (unpaired) electrons. The van der Waals surface area contributed by atoms with Crippen LogP contribution in [0.1, 0.15) is 30.5 Å². The van der Waals surface area contributed by atoms with E-state index in [9.17, 15) is 4.79 Å². The van der Waals surface area contributed by atoms with Gasteiger partial charge in [-0.25, -0.2) is 4.99 Å². The van der Waals surface area contributed by atoms with E-state index in [2.05, 4.69) is 15.2 Å². The van der Waals surface area contributed by atoms with Crippen molar-refractivity contribution in [1.29, 1.82) is 0 Å². The van der Waals surface area contributed by atoms with Crippen molar-refractivity contribution < 1.29 is 4.79 Å². The van der Waals surface area contributed by atoms with Crippen LogP contribution in [0.3, 0.4) is 0 Å². The lowest BCUT2D eigenvalue weighted by Gasteiger charge is -2.26. The third-order valence-electron chi connectivity index (χ3n) is 3.08. The zero-order valence-corrected chi connectivity index (χ0v) is 7.79. The average molecular weight is 189 g/mol. The molecule has 1 aromatic heterocycles. The van der Waals surface area contributed by atoms with Gasteiger partial charge in [0.2, 0.25) is 5.91 Å². The number of aromatic amines is 1. The summed E-state index contributed by atoms with van der Waals surface area (Å²) in [6.07, 6.45) is 5.50. The number of hydrogen-bond acceptors (Lipinski definition) is 2. The van der Waals surface area contributed by atoms with E-state index < -0.39 is 0 Å². The second kappa shape index (κ2) is 2.77. The number of fused-ring (bicyclic) bond motifs is 3. The number of nitrogens with zero attached hydrogens (tertiary/aromatic N) is 2. The maximum Gasteiger partial charge on any atom is 0.245 e. The van der Waals surface area contributed by atoms with E-state index in [4.69, 9.17) is 0 Å². The lowest BCUT2D eigenvalue weighted by atomic mass is 9.81. The van der Waals surface area contributed by atoms with Gasteiger partial charge in [0.1, 0.15) is 0 Å². The van der Waals surface area contributed by atoms with E-state index in [-0.39, 0.29) is 5.91 Å². The van der Waals surface area contributed by atoms with E-state index in [0.717, 1.165) is 36.2 Å². The van der Waals surface area contributed by atoms with Crippen LogP contribution in [0.2, 0.25) is 0 Å². The molecule has 1 amide bonds. The van der Waals surface area contributed by atoms with Crippen molar-refractivity contribution in [3.63, 3.8) is 0 Å². The molecule has 0 spiro atoms. The molecule has 1 aliphatic carbocycles. The Balaban J connectivity index is 2.13. The summed E-state index contributed by atoms with van der Waals surface area (Å²) in [5, 5.41) is 6.97. The van der Waals surface area contributed by atoms with Crippen LogP contribution in [0, 0.1) is 5.92 Å². The topological polar surface area (TPSA) is 58.1 Å². The minimum atomic E-state index is 0.0188. The number of aromatic nitrogens is 2. The highest BCUT2D eigenvalue weighted by molar-refractivity contribution is 6.10. The van der Waals surface area contributed by atoms with Gasteiger partial charge in [-0.05, 0) is 19.3 Å². The molecule has 1 aromatic rings. The number of aliphatic imine (C=N–C) groups is 1. The first kappa shape index (κ1) is 7.91. The molecule has 1 N–H and O–H groups in total. The van der Waals surface area contributed by atoms with Gasteiger partial charge in [0.25, 0.3) is 0 Å². The summed E-state index contributed by atoms with van der Waals surface area (Å²) in [5.41, 5.74) is 3.17. The molecule has 4 nitrogen and oxygen atoms in total. The van der Waals surface area contributed by atoms with E-state index in [1.807, 2.05) is 0 Å². The van der Waals surface area contributed by atoms with Crippen LogP contribution in [0.4, 0.5) is 0 Å². The van der Waals surface area contributed by atoms with Gasteiger partial charge in [-0.1, -0.05) is 0 Å². The van der Waals surface area contributed by atoms with Crippen molar-refractivity contribution in [2.75, 3.05) is 0 Å². The van der Waals surface area contributed by atoms with Crippen LogP contribution in [0.5, 0.6) is 0 Å². The first-order chi connectivity index (χ1) is 6.84. The van der Waals surface area contributed by atoms with Crippen molar-refractivity contribution in [2.24, 2.45) is 10.9 Å². The molecule has 4 heteroatoms. The van der Waals surface area contributed by atoms with Crippen LogP contribution in [0.25, 0.3) is 0 Å². The highest BCUT2D eigenvalue weighted by Crippen LogP contribution is 2.30. The zero-order chi connectivity index (χ0) is 9.54. The van der Waals surface area contributed by atoms with E-state index in [1.54, 1.807) is 6.20 Å². The lowest BCUT2D eigenvalue weighted by Crippen LogP contribution is -2.27. The Labute approximate surface area is 81.4 Å². The van der Waals surface area contributed by atoms with Gasteiger partial charge in [-0.2, -0.15) is 5.10 Å². The number of aryl methyl sites for hydroxylation is 1. The predicted octanol–water partition coefficient (Wildman–Crippen LogP) is 1.08. The SMILES string of the molecule is O=C1CCC2CCc3[nH]ncc3C2=N1. The smallest absolute Gasteiger partial charge is 0.245 e. The summed E-state index contributed by atoms with van der Waals surface area (Å²) in [6, 6.07) is 0. The highest BCUT2D eigenvalue weighted by Gasteiger charge is 2.30. The monoisotopic (exact) mass is 189 g/mol. The normalized spacial score (nSPS) is 25.3. The van der Waals surface area contributed by atoms with Crippen LogP contribution >= 0.6 is 0 Å². The standard InChI is InChI=1S/C10H11N3O/c14-9-4-2-6-1-3-8-7(5-11-13-8)10(6)12-9/h5-6H,1-4H2,(H,11,13). The fraction of sp³-hybridized carbons (Fsp3) is 0.500. The van der Waals surface area contributed by atoms with Crippen LogP contribution < -0.4 is 0 Å². The van der Waals surface area contributed by atoms with Gasteiger partial charge in [0.05, 0.1) is 11.9 Å². The number of carbonyl (C=O) groups excluding carboxylic acids is 1. The molecule has 1 unspecified atom stereocenters. The molecule has 1 atom stereocenters. The zero-order valence-electron chi connectivity index (χ0n) is 7.79. The molecular weight excluding hydrogens is 178 g/mol. The second-order valence-electron chi connectivity index (χ2n) is 3.93. The van der Waals surface area contributed by atoms with Gasteiger partial charge < -0.3 is 0 Å². The van der Waals surface area contributed by atoms with Crippen molar-refractivity contribution in [1.82, 2.24) is 10.2 Å². The molecule has 0 fully saturated rings. The fourth-order valence-corrected chi connectivity index (χ4v) is 2.32. The fourth-order valence-electron chi connectivity index (χ4n) is 2.32. The molecule has 1 aliphatic heterocycles. The number of nitrogens with one attached hydrogen (secondary N) is 1. The number of hydrogen-bond donors (Lipinski definition) is 1. The Bertz CT molecular complexity index is 419. The second-order valence-corrected chi connectivity index (χ2v) is 3.93. The predicted molar refractivity (Wildman–Crippen MR) is 51.2 cm³/mol. The third-order valence-corrected chi connectivity index (χ3v) is 3.08. The van der Waals surface area contributed by atoms with E-state index in [0.29, 0.717) is 12.3 Å². The molecule has 72 valence electrons. The average Bonchev–Trinajstić information content (AvgIpc) is 2.65. The Kier molecular flexibility index (Phi) is 1.56. The number of H-pyrrole nitrogens is 1. The van der Waals surface area contributed by atoms with E-state index in [1.165, 1.54) is 0 Å². The Morgan fingerprint density at radius 3 is 3.14 bits per heavy atom. The number of amides is 1. The Morgan fingerprint density at radius 1 is 1.36 bits per heavy atom. The van der Waals surface area contributed by atoms with Crippen LogP contribution in [-0.4, -0.2) is 21.8 Å². The van der Waals surface area contributed by atoms with Crippen LogP contribution in [0.15, 0.2) is 11.2 Å². The van der Waals surface area contributed by atoms with Crippen molar-refractivity contribution >= 4 is 11.6 Å². The van der Waals surface area contributed by atoms with Crippen molar-refractivity contribution in [2.45, 2.75) is 25.7 Å². The maximum atomic E-state index is 11.2.